The number of amides is 1. The molecule has 3 heterocycles. The van der Waals surface area contributed by atoms with Crippen molar-refractivity contribution >= 4 is 17.5 Å². The Morgan fingerprint density at radius 3 is 2.54 bits per heavy atom. The van der Waals surface area contributed by atoms with Crippen molar-refractivity contribution in [1.82, 2.24) is 34.5 Å². The van der Waals surface area contributed by atoms with E-state index in [2.05, 4.69) is 35.8 Å². The molecule has 0 radical (unpaired) electrons. The quantitative estimate of drug-likeness (QED) is 0.730. The molecule has 0 aliphatic rings. The van der Waals surface area contributed by atoms with Gasteiger partial charge in [-0.05, 0) is 27.7 Å². The largest absolute Gasteiger partial charge is 0.373 e. The zero-order valence-corrected chi connectivity index (χ0v) is 15.3. The summed E-state index contributed by atoms with van der Waals surface area (Å²) >= 11 is 0. The lowest BCUT2D eigenvalue weighted by molar-refractivity contribution is 0.101. The van der Waals surface area contributed by atoms with E-state index in [4.69, 9.17) is 0 Å². The molecule has 3 rings (SSSR count). The number of rotatable bonds is 4. The molecule has 0 unspecified atom stereocenters. The molecule has 0 aliphatic heterocycles. The van der Waals surface area contributed by atoms with Crippen molar-refractivity contribution in [1.29, 1.82) is 0 Å². The average Bonchev–Trinajstić information content (AvgIpc) is 3.21. The number of carbonyl (C=O) groups is 1. The number of carbonyl (C=O) groups excluding carboxylic acids is 1. The maximum absolute atomic E-state index is 12.5. The zero-order valence-electron chi connectivity index (χ0n) is 15.3. The minimum Gasteiger partial charge on any atom is -0.373 e. The molecule has 0 aliphatic carbocycles. The summed E-state index contributed by atoms with van der Waals surface area (Å²) in [5, 5.41) is 14.4. The maximum atomic E-state index is 12.5. The highest BCUT2D eigenvalue weighted by molar-refractivity contribution is 6.01. The SMILES string of the molecule is CNc1cc(-n2nc(C)cc2NC(=O)c2ncn(C(C)(C)C)n2)ncn1. The molecule has 0 aromatic carbocycles. The molecular formula is C16H21N9O. The predicted octanol–water partition coefficient (Wildman–Crippen LogP) is 1.61. The fourth-order valence-corrected chi connectivity index (χ4v) is 2.23. The van der Waals surface area contributed by atoms with Gasteiger partial charge in [0, 0.05) is 19.2 Å². The van der Waals surface area contributed by atoms with Crippen LogP contribution in [0.3, 0.4) is 0 Å². The molecule has 0 bridgehead atoms. The Balaban J connectivity index is 1.88. The van der Waals surface area contributed by atoms with E-state index in [9.17, 15) is 4.79 Å². The second kappa shape index (κ2) is 6.54. The topological polar surface area (TPSA) is 115 Å². The van der Waals surface area contributed by atoms with E-state index in [0.29, 0.717) is 17.5 Å². The van der Waals surface area contributed by atoms with Crippen molar-refractivity contribution in [2.75, 3.05) is 17.7 Å². The molecule has 10 heteroatoms. The van der Waals surface area contributed by atoms with Crippen molar-refractivity contribution in [3.63, 3.8) is 0 Å². The standard InChI is InChI=1S/C16H21N9O/c1-10-6-13(25(22-10)12-7-11(17-5)18-8-19-12)21-15(26)14-20-9-24(23-14)16(2,3)4/h6-9H,1-5H3,(H,21,26)(H,17,18,19). The Kier molecular flexibility index (Phi) is 4.41. The molecule has 0 atom stereocenters. The fourth-order valence-electron chi connectivity index (χ4n) is 2.23. The second-order valence-corrected chi connectivity index (χ2v) is 6.73. The van der Waals surface area contributed by atoms with Gasteiger partial charge in [-0.1, -0.05) is 0 Å². The van der Waals surface area contributed by atoms with E-state index in [1.54, 1.807) is 30.2 Å². The van der Waals surface area contributed by atoms with Crippen molar-refractivity contribution in [3.8, 4) is 5.82 Å². The van der Waals surface area contributed by atoms with Gasteiger partial charge >= 0.3 is 0 Å². The van der Waals surface area contributed by atoms with Crippen LogP contribution in [0.4, 0.5) is 11.6 Å². The third-order valence-corrected chi connectivity index (χ3v) is 3.58. The normalized spacial score (nSPS) is 11.4. The van der Waals surface area contributed by atoms with E-state index < -0.39 is 5.91 Å². The highest BCUT2D eigenvalue weighted by Crippen LogP contribution is 2.18. The summed E-state index contributed by atoms with van der Waals surface area (Å²) in [5.41, 5.74) is 0.479. The highest BCUT2D eigenvalue weighted by Gasteiger charge is 2.20. The van der Waals surface area contributed by atoms with Crippen LogP contribution in [-0.2, 0) is 5.54 Å². The Labute approximate surface area is 150 Å². The highest BCUT2D eigenvalue weighted by atomic mass is 16.2. The molecule has 0 saturated heterocycles. The van der Waals surface area contributed by atoms with Gasteiger partial charge in [-0.3, -0.25) is 4.79 Å². The first-order chi connectivity index (χ1) is 12.3. The molecular weight excluding hydrogens is 334 g/mol. The van der Waals surface area contributed by atoms with Gasteiger partial charge in [-0.25, -0.2) is 19.6 Å². The maximum Gasteiger partial charge on any atom is 0.296 e. The third-order valence-electron chi connectivity index (χ3n) is 3.58. The molecule has 26 heavy (non-hydrogen) atoms. The van der Waals surface area contributed by atoms with Gasteiger partial charge in [0.1, 0.15) is 24.3 Å². The van der Waals surface area contributed by atoms with Gasteiger partial charge < -0.3 is 10.6 Å². The molecule has 0 saturated carbocycles. The van der Waals surface area contributed by atoms with Crippen molar-refractivity contribution < 1.29 is 4.79 Å². The summed E-state index contributed by atoms with van der Waals surface area (Å²) < 4.78 is 3.19. The summed E-state index contributed by atoms with van der Waals surface area (Å²) in [6.07, 6.45) is 2.97. The van der Waals surface area contributed by atoms with E-state index in [1.807, 2.05) is 27.7 Å². The van der Waals surface area contributed by atoms with Crippen molar-refractivity contribution in [2.24, 2.45) is 0 Å². The molecule has 2 N–H and O–H groups in total. The van der Waals surface area contributed by atoms with Gasteiger partial charge in [-0.2, -0.15) is 9.78 Å². The Morgan fingerprint density at radius 2 is 1.88 bits per heavy atom. The Bertz CT molecular complexity index is 935. The predicted molar refractivity (Wildman–Crippen MR) is 96.4 cm³/mol. The average molecular weight is 355 g/mol. The second-order valence-electron chi connectivity index (χ2n) is 6.73. The van der Waals surface area contributed by atoms with E-state index in [-0.39, 0.29) is 11.4 Å². The number of aromatic nitrogens is 7. The molecule has 1 amide bonds. The van der Waals surface area contributed by atoms with Crippen molar-refractivity contribution in [2.45, 2.75) is 33.2 Å². The number of aryl methyl sites for hydroxylation is 1. The number of nitrogens with one attached hydrogen (secondary N) is 2. The minimum absolute atomic E-state index is 0.0870. The van der Waals surface area contributed by atoms with Crippen LogP contribution >= 0.6 is 0 Å². The smallest absolute Gasteiger partial charge is 0.296 e. The van der Waals surface area contributed by atoms with Crippen LogP contribution < -0.4 is 10.6 Å². The van der Waals surface area contributed by atoms with E-state index in [0.717, 1.165) is 5.69 Å². The van der Waals surface area contributed by atoms with E-state index in [1.165, 1.54) is 11.0 Å². The Morgan fingerprint density at radius 1 is 1.12 bits per heavy atom. The summed E-state index contributed by atoms with van der Waals surface area (Å²) in [6.45, 7) is 7.78. The van der Waals surface area contributed by atoms with Crippen LogP contribution in [0.25, 0.3) is 5.82 Å². The molecule has 3 aromatic heterocycles. The van der Waals surface area contributed by atoms with Crippen LogP contribution in [0.2, 0.25) is 0 Å². The molecule has 0 fully saturated rings. The fraction of sp³-hybridized carbons (Fsp3) is 0.375. The summed E-state index contributed by atoms with van der Waals surface area (Å²) in [7, 11) is 1.76. The number of anilines is 2. The summed E-state index contributed by atoms with van der Waals surface area (Å²) in [6, 6.07) is 3.48. The lowest BCUT2D eigenvalue weighted by Crippen LogP contribution is -2.23. The van der Waals surface area contributed by atoms with E-state index >= 15 is 0 Å². The number of hydrogen-bond donors (Lipinski definition) is 2. The zero-order chi connectivity index (χ0) is 18.9. The van der Waals surface area contributed by atoms with Crippen LogP contribution in [0, 0.1) is 6.92 Å². The molecule has 3 aromatic rings. The number of hydrogen-bond acceptors (Lipinski definition) is 7. The van der Waals surface area contributed by atoms with Gasteiger partial charge in [-0.15, -0.1) is 5.10 Å². The summed E-state index contributed by atoms with van der Waals surface area (Å²) in [5.74, 6) is 1.31. The minimum atomic E-state index is -0.419. The number of nitrogens with zero attached hydrogens (tertiary/aromatic N) is 7. The van der Waals surface area contributed by atoms with Crippen LogP contribution in [-0.4, -0.2) is 47.5 Å². The van der Waals surface area contributed by atoms with Gasteiger partial charge in [0.15, 0.2) is 5.82 Å². The van der Waals surface area contributed by atoms with Crippen LogP contribution in [0.5, 0.6) is 0 Å². The summed E-state index contributed by atoms with van der Waals surface area (Å²) in [4.78, 5) is 24.9. The first-order valence-corrected chi connectivity index (χ1v) is 8.08. The Hall–Kier alpha value is -3.30. The van der Waals surface area contributed by atoms with Gasteiger partial charge in [0.25, 0.3) is 5.91 Å². The molecule has 136 valence electrons. The monoisotopic (exact) mass is 355 g/mol. The van der Waals surface area contributed by atoms with Gasteiger partial charge in [0.05, 0.1) is 11.2 Å². The lowest BCUT2D eigenvalue weighted by Gasteiger charge is -2.17. The van der Waals surface area contributed by atoms with Gasteiger partial charge in [0.2, 0.25) is 5.82 Å². The molecule has 0 spiro atoms. The van der Waals surface area contributed by atoms with Crippen molar-refractivity contribution in [3.05, 3.63) is 36.3 Å². The van der Waals surface area contributed by atoms with Crippen LogP contribution in [0.1, 0.15) is 37.1 Å². The molecule has 10 nitrogen and oxygen atoms in total. The lowest BCUT2D eigenvalue weighted by atomic mass is 10.1. The third kappa shape index (κ3) is 3.53. The van der Waals surface area contributed by atoms with Crippen LogP contribution in [0.15, 0.2) is 24.8 Å². The first kappa shape index (κ1) is 17.5. The first-order valence-electron chi connectivity index (χ1n) is 8.08.